The van der Waals surface area contributed by atoms with Crippen LogP contribution in [-0.2, 0) is 16.0 Å². The fraction of sp³-hybridized carbons (Fsp3) is 0.980. The molecule has 0 radical (unpaired) electrons. The zero-order chi connectivity index (χ0) is 47.5. The summed E-state index contributed by atoms with van der Waals surface area (Å²) in [5.74, 6) is 0. The minimum atomic E-state index is -1.66. The van der Waals surface area contributed by atoms with E-state index in [1.165, 1.54) is 178 Å². The van der Waals surface area contributed by atoms with Gasteiger partial charge in [-0.3, -0.25) is 0 Å². The van der Waals surface area contributed by atoms with Crippen molar-refractivity contribution < 1.29 is 40.1 Å². The molecule has 0 amide bonds. The van der Waals surface area contributed by atoms with E-state index in [1.54, 1.807) is 0 Å². The van der Waals surface area contributed by atoms with Crippen molar-refractivity contribution in [1.29, 1.82) is 0 Å². The molecule has 2 rings (SSSR count). The molecule has 1 saturated heterocycles. The number of aromatic nitrogens is 4. The standard InChI is InChI=1S/C51H102N4O9Si/c1-5-6-7-8-9-10-11-23-26-29-32-35-38-44(57)46(58)43(42-63-50-49(61)48(60)47(59)45(41-56)64-50)55-51(62)54(52-53-55)39-36-33-30-27-24-21-19-17-15-13-12-14-16-18-20-22-25-28-31-34-37-40-65(2,3)4/h43-50,56-61H,5-42H2,1-4H3/t43?,44-,45?,46+,47?,48?,49?,50?/m1/s1. The van der Waals surface area contributed by atoms with Crippen LogP contribution in [0.4, 0.5) is 0 Å². The Morgan fingerprint density at radius 1 is 0.585 bits per heavy atom. The number of aryl methyl sites for hydroxylation is 1. The predicted octanol–water partition coefficient (Wildman–Crippen LogP) is 10.1. The molecule has 13 nitrogen and oxygen atoms in total. The van der Waals surface area contributed by atoms with Gasteiger partial charge in [0.2, 0.25) is 0 Å². The van der Waals surface area contributed by atoms with Crippen LogP contribution in [0.15, 0.2) is 4.79 Å². The van der Waals surface area contributed by atoms with E-state index < -0.39 is 75.9 Å². The molecule has 0 aliphatic carbocycles. The lowest BCUT2D eigenvalue weighted by Crippen LogP contribution is -2.59. The Balaban J connectivity index is 1.66. The zero-order valence-electron chi connectivity index (χ0n) is 42.2. The van der Waals surface area contributed by atoms with Gasteiger partial charge in [-0.15, -0.1) is 0 Å². The Morgan fingerprint density at radius 3 is 1.43 bits per heavy atom. The van der Waals surface area contributed by atoms with Gasteiger partial charge in [0.25, 0.3) is 0 Å². The van der Waals surface area contributed by atoms with Crippen LogP contribution in [0.5, 0.6) is 0 Å². The third-order valence-electron chi connectivity index (χ3n) is 13.7. The van der Waals surface area contributed by atoms with Gasteiger partial charge in [0.15, 0.2) is 6.29 Å². The summed E-state index contributed by atoms with van der Waals surface area (Å²) in [5.41, 5.74) is -0.548. The molecule has 0 spiro atoms. The van der Waals surface area contributed by atoms with E-state index >= 15 is 0 Å². The maximum Gasteiger partial charge on any atom is 0.364 e. The number of aliphatic hydroxyl groups excluding tert-OH is 6. The molecule has 1 aliphatic rings. The summed E-state index contributed by atoms with van der Waals surface area (Å²) in [6.45, 7) is 9.01. The molecular weight excluding hydrogens is 841 g/mol. The SMILES string of the molecule is CCCCCCCCCCCCCC[C@@H](O)[C@@H](O)C(COC1OC(CO)C(O)C(O)C1O)n1nnn(CCCCCCCCCCCCCCCCCCCCCCC[Si](C)(C)C)c1=O. The van der Waals surface area contributed by atoms with Crippen LogP contribution in [0.2, 0.25) is 25.7 Å². The molecule has 8 atom stereocenters. The quantitative estimate of drug-likeness (QED) is 0.0269. The van der Waals surface area contributed by atoms with Crippen LogP contribution in [0.25, 0.3) is 0 Å². The van der Waals surface area contributed by atoms with E-state index in [-0.39, 0.29) is 0 Å². The number of hydrogen-bond acceptors (Lipinski definition) is 11. The zero-order valence-corrected chi connectivity index (χ0v) is 43.2. The largest absolute Gasteiger partial charge is 0.394 e. The van der Waals surface area contributed by atoms with Gasteiger partial charge in [-0.1, -0.05) is 238 Å². The van der Waals surface area contributed by atoms with Crippen LogP contribution in [0, 0.1) is 0 Å². The molecule has 6 N–H and O–H groups in total. The third kappa shape index (κ3) is 27.5. The second-order valence-electron chi connectivity index (χ2n) is 21.0. The number of aliphatic hydroxyl groups is 6. The van der Waals surface area contributed by atoms with Crippen molar-refractivity contribution in [3.63, 3.8) is 0 Å². The molecule has 1 fully saturated rings. The molecule has 1 aromatic heterocycles. The van der Waals surface area contributed by atoms with Crippen LogP contribution in [-0.4, -0.2) is 115 Å². The highest BCUT2D eigenvalue weighted by Gasteiger charge is 2.45. The first kappa shape index (κ1) is 59.9. The monoisotopic (exact) mass is 943 g/mol. The summed E-state index contributed by atoms with van der Waals surface area (Å²) in [7, 11) is -0.843. The summed E-state index contributed by atoms with van der Waals surface area (Å²) in [6, 6.07) is 0.309. The molecule has 0 bridgehead atoms. The second kappa shape index (κ2) is 37.6. The Hall–Kier alpha value is -1.23. The summed E-state index contributed by atoms with van der Waals surface area (Å²) in [6.07, 6.45) is 31.7. The van der Waals surface area contributed by atoms with Crippen LogP contribution in [0.3, 0.4) is 0 Å². The molecule has 1 aliphatic heterocycles. The number of unbranched alkanes of at least 4 members (excludes halogenated alkanes) is 31. The molecule has 0 aromatic carbocycles. The number of tetrazole rings is 1. The van der Waals surface area contributed by atoms with Crippen molar-refractivity contribution in [3.05, 3.63) is 10.5 Å². The maximum absolute atomic E-state index is 13.6. The fourth-order valence-electron chi connectivity index (χ4n) is 9.24. The number of hydrogen-bond donors (Lipinski definition) is 6. The van der Waals surface area contributed by atoms with E-state index in [0.29, 0.717) is 19.4 Å². The minimum Gasteiger partial charge on any atom is -0.394 e. The Kier molecular flexibility index (Phi) is 34.7. The second-order valence-corrected chi connectivity index (χ2v) is 26.6. The number of ether oxygens (including phenoxy) is 2. The highest BCUT2D eigenvalue weighted by Crippen LogP contribution is 2.25. The van der Waals surface area contributed by atoms with Crippen LogP contribution in [0.1, 0.15) is 231 Å². The van der Waals surface area contributed by atoms with Crippen molar-refractivity contribution in [2.45, 2.75) is 306 Å². The first-order chi connectivity index (χ1) is 31.4. The van der Waals surface area contributed by atoms with Crippen molar-refractivity contribution in [1.82, 2.24) is 19.8 Å². The molecule has 65 heavy (non-hydrogen) atoms. The molecule has 2 heterocycles. The highest BCUT2D eigenvalue weighted by molar-refractivity contribution is 6.76. The Labute approximate surface area is 396 Å². The lowest BCUT2D eigenvalue weighted by molar-refractivity contribution is -0.304. The number of rotatable bonds is 44. The van der Waals surface area contributed by atoms with E-state index in [2.05, 4.69) is 37.0 Å². The van der Waals surface area contributed by atoms with Crippen molar-refractivity contribution in [2.24, 2.45) is 0 Å². The van der Waals surface area contributed by atoms with Gasteiger partial charge in [0.05, 0.1) is 19.3 Å². The summed E-state index contributed by atoms with van der Waals surface area (Å²) in [4.78, 5) is 13.6. The molecule has 1 aromatic rings. The van der Waals surface area contributed by atoms with Gasteiger partial charge in [0.1, 0.15) is 36.6 Å². The van der Waals surface area contributed by atoms with Crippen molar-refractivity contribution in [2.75, 3.05) is 13.2 Å². The average Bonchev–Trinajstić information content (AvgIpc) is 3.65. The lowest BCUT2D eigenvalue weighted by atomic mass is 9.98. The van der Waals surface area contributed by atoms with E-state index in [9.17, 15) is 35.4 Å². The van der Waals surface area contributed by atoms with E-state index in [4.69, 9.17) is 9.47 Å². The van der Waals surface area contributed by atoms with E-state index in [0.717, 1.165) is 43.2 Å². The van der Waals surface area contributed by atoms with Gasteiger partial charge in [-0.2, -0.15) is 9.36 Å². The molecule has 384 valence electrons. The molecular formula is C51H102N4O9Si. The number of nitrogens with zero attached hydrogens (tertiary/aromatic N) is 4. The average molecular weight is 943 g/mol. The van der Waals surface area contributed by atoms with Gasteiger partial charge in [0, 0.05) is 14.6 Å². The smallest absolute Gasteiger partial charge is 0.364 e. The summed E-state index contributed by atoms with van der Waals surface area (Å²) < 4.78 is 13.5. The van der Waals surface area contributed by atoms with Gasteiger partial charge >= 0.3 is 5.69 Å². The summed E-state index contributed by atoms with van der Waals surface area (Å²) >= 11 is 0. The topological polar surface area (TPSA) is 193 Å². The fourth-order valence-corrected chi connectivity index (χ4v) is 10.6. The molecule has 0 saturated carbocycles. The van der Waals surface area contributed by atoms with Crippen molar-refractivity contribution in [3.8, 4) is 0 Å². The Bertz CT molecular complexity index is 1300. The van der Waals surface area contributed by atoms with Crippen LogP contribution >= 0.6 is 0 Å². The van der Waals surface area contributed by atoms with Gasteiger partial charge < -0.3 is 40.1 Å². The molecule has 6 unspecified atom stereocenters. The lowest BCUT2D eigenvalue weighted by Gasteiger charge is -2.40. The predicted molar refractivity (Wildman–Crippen MR) is 266 cm³/mol. The van der Waals surface area contributed by atoms with Crippen molar-refractivity contribution >= 4 is 8.07 Å². The first-order valence-electron chi connectivity index (χ1n) is 27.2. The summed E-state index contributed by atoms with van der Waals surface area (Å²) in [5, 5.41) is 71.3. The minimum absolute atomic E-state index is 0.317. The molecule has 14 heteroatoms. The normalized spacial score (nSPS) is 20.7. The maximum atomic E-state index is 13.6. The highest BCUT2D eigenvalue weighted by atomic mass is 28.3. The van der Waals surface area contributed by atoms with E-state index in [1.807, 2.05) is 0 Å². The first-order valence-corrected chi connectivity index (χ1v) is 30.9. The third-order valence-corrected chi connectivity index (χ3v) is 15.5. The Morgan fingerprint density at radius 2 is 1.00 bits per heavy atom. The van der Waals surface area contributed by atoms with Gasteiger partial charge in [-0.05, 0) is 23.3 Å². The van der Waals surface area contributed by atoms with Crippen LogP contribution < -0.4 is 5.69 Å². The van der Waals surface area contributed by atoms with Gasteiger partial charge in [-0.25, -0.2) is 4.79 Å².